The minimum atomic E-state index is -4.25. The van der Waals surface area contributed by atoms with Crippen LogP contribution in [0.5, 0.6) is 0 Å². The van der Waals surface area contributed by atoms with Crippen molar-refractivity contribution >= 4 is 50.7 Å². The fourth-order valence-electron chi connectivity index (χ4n) is 4.80. The molecule has 0 aliphatic rings. The van der Waals surface area contributed by atoms with E-state index in [0.29, 0.717) is 6.54 Å². The minimum absolute atomic E-state index is 0.00510. The first-order valence-electron chi connectivity index (χ1n) is 14.6. The fourth-order valence-corrected chi connectivity index (χ4v) is 6.73. The Morgan fingerprint density at radius 1 is 0.800 bits per heavy atom. The predicted octanol–water partition coefficient (Wildman–Crippen LogP) is 6.91. The van der Waals surface area contributed by atoms with E-state index in [9.17, 15) is 18.0 Å². The maximum atomic E-state index is 14.5. The van der Waals surface area contributed by atoms with Gasteiger partial charge in [-0.15, -0.1) is 0 Å². The number of sulfonamides is 1. The summed E-state index contributed by atoms with van der Waals surface area (Å²) in [6.07, 6.45) is 0.233. The molecule has 2 amide bonds. The van der Waals surface area contributed by atoms with Crippen LogP contribution in [0.15, 0.2) is 108 Å². The second-order valence-corrected chi connectivity index (χ2v) is 14.0. The molecular formula is C35H37Cl2N3O4S. The van der Waals surface area contributed by atoms with Gasteiger partial charge in [-0.3, -0.25) is 13.9 Å². The van der Waals surface area contributed by atoms with E-state index in [-0.39, 0.29) is 45.4 Å². The van der Waals surface area contributed by atoms with E-state index in [1.165, 1.54) is 35.2 Å². The van der Waals surface area contributed by atoms with Gasteiger partial charge in [0.15, 0.2) is 0 Å². The number of amides is 2. The molecular weight excluding hydrogens is 629 g/mol. The number of anilines is 1. The van der Waals surface area contributed by atoms with E-state index in [1.807, 2.05) is 75.4 Å². The van der Waals surface area contributed by atoms with Crippen molar-refractivity contribution < 1.29 is 18.0 Å². The van der Waals surface area contributed by atoms with Crippen LogP contribution in [0.2, 0.25) is 10.0 Å². The normalized spacial score (nSPS) is 12.0. The van der Waals surface area contributed by atoms with Crippen LogP contribution in [-0.4, -0.2) is 44.3 Å². The van der Waals surface area contributed by atoms with Crippen LogP contribution in [0.4, 0.5) is 5.69 Å². The third-order valence-electron chi connectivity index (χ3n) is 7.17. The summed E-state index contributed by atoms with van der Waals surface area (Å²) >= 11 is 12.6. The molecule has 0 radical (unpaired) electrons. The lowest BCUT2D eigenvalue weighted by Gasteiger charge is -2.34. The quantitative estimate of drug-likeness (QED) is 0.168. The van der Waals surface area contributed by atoms with Crippen molar-refractivity contribution in [2.75, 3.05) is 17.4 Å². The number of hydrogen-bond acceptors (Lipinski definition) is 4. The lowest BCUT2D eigenvalue weighted by atomic mass is 10.0. The number of carbonyl (C=O) groups excluding carboxylic acids is 2. The lowest BCUT2D eigenvalue weighted by molar-refractivity contribution is -0.140. The van der Waals surface area contributed by atoms with Gasteiger partial charge in [0.25, 0.3) is 10.0 Å². The minimum Gasteiger partial charge on any atom is -0.354 e. The molecule has 0 saturated carbocycles. The van der Waals surface area contributed by atoms with Gasteiger partial charge < -0.3 is 10.2 Å². The summed E-state index contributed by atoms with van der Waals surface area (Å²) < 4.78 is 29.1. The Hall–Kier alpha value is -3.85. The molecule has 4 aromatic carbocycles. The molecule has 4 rings (SSSR count). The second kappa shape index (κ2) is 15.4. The summed E-state index contributed by atoms with van der Waals surface area (Å²) in [5, 5.41) is 3.41. The Labute approximate surface area is 275 Å². The van der Waals surface area contributed by atoms with Crippen molar-refractivity contribution in [3.05, 3.63) is 130 Å². The van der Waals surface area contributed by atoms with Crippen LogP contribution in [0.3, 0.4) is 0 Å². The Morgan fingerprint density at radius 3 is 1.96 bits per heavy atom. The van der Waals surface area contributed by atoms with Gasteiger partial charge in [0.1, 0.15) is 12.6 Å². The summed E-state index contributed by atoms with van der Waals surface area (Å²) in [5.41, 5.74) is 2.83. The zero-order valence-corrected chi connectivity index (χ0v) is 27.8. The van der Waals surface area contributed by atoms with Crippen LogP contribution in [0.25, 0.3) is 0 Å². The standard InChI is InChI=1S/C35H37Cl2N3O4S/c1-25(2)22-38-35(42)33(18-27-10-6-4-7-11-27)39(23-28-16-14-26(3)15-17-28)34(41)24-40(31-20-29(36)19-30(37)21-31)45(43,44)32-12-8-5-9-13-32/h4-17,19-21,25,33H,18,22-24H2,1-3H3,(H,38,42)/t33-/m1/s1. The third kappa shape index (κ3) is 9.33. The highest BCUT2D eigenvalue weighted by Gasteiger charge is 2.34. The van der Waals surface area contributed by atoms with Gasteiger partial charge in [-0.05, 0) is 54.3 Å². The predicted molar refractivity (Wildman–Crippen MR) is 181 cm³/mol. The molecule has 0 aliphatic heterocycles. The Kier molecular flexibility index (Phi) is 11.7. The highest BCUT2D eigenvalue weighted by molar-refractivity contribution is 7.92. The smallest absolute Gasteiger partial charge is 0.264 e. The van der Waals surface area contributed by atoms with Gasteiger partial charge in [-0.2, -0.15) is 0 Å². The lowest BCUT2D eigenvalue weighted by Crippen LogP contribution is -2.53. The number of carbonyl (C=O) groups is 2. The number of nitrogens with zero attached hydrogens (tertiary/aromatic N) is 2. The van der Waals surface area contributed by atoms with Crippen molar-refractivity contribution in [3.8, 4) is 0 Å². The zero-order chi connectivity index (χ0) is 32.6. The van der Waals surface area contributed by atoms with Gasteiger partial charge in [-0.1, -0.05) is 115 Å². The molecule has 0 fully saturated rings. The van der Waals surface area contributed by atoms with Gasteiger partial charge >= 0.3 is 0 Å². The molecule has 0 heterocycles. The summed E-state index contributed by atoms with van der Waals surface area (Å²) in [4.78, 5) is 29.8. The molecule has 4 aromatic rings. The monoisotopic (exact) mass is 665 g/mol. The van der Waals surface area contributed by atoms with Gasteiger partial charge in [0.05, 0.1) is 10.6 Å². The van der Waals surface area contributed by atoms with Crippen LogP contribution in [0.1, 0.15) is 30.5 Å². The maximum Gasteiger partial charge on any atom is 0.264 e. The van der Waals surface area contributed by atoms with Crippen molar-refractivity contribution in [1.29, 1.82) is 0 Å². The van der Waals surface area contributed by atoms with E-state index in [4.69, 9.17) is 23.2 Å². The van der Waals surface area contributed by atoms with Gasteiger partial charge in [0.2, 0.25) is 11.8 Å². The average Bonchev–Trinajstić information content (AvgIpc) is 3.01. The highest BCUT2D eigenvalue weighted by atomic mass is 35.5. The van der Waals surface area contributed by atoms with E-state index in [2.05, 4.69) is 5.32 Å². The molecule has 0 aromatic heterocycles. The molecule has 45 heavy (non-hydrogen) atoms. The SMILES string of the molecule is Cc1ccc(CN(C(=O)CN(c2cc(Cl)cc(Cl)c2)S(=O)(=O)c2ccccc2)[C@H](Cc2ccccc2)C(=O)NCC(C)C)cc1. The molecule has 0 saturated heterocycles. The largest absolute Gasteiger partial charge is 0.354 e. The molecule has 0 bridgehead atoms. The first-order valence-corrected chi connectivity index (χ1v) is 16.8. The van der Waals surface area contributed by atoms with E-state index in [1.54, 1.807) is 18.2 Å². The van der Waals surface area contributed by atoms with Gasteiger partial charge in [-0.25, -0.2) is 8.42 Å². The zero-order valence-electron chi connectivity index (χ0n) is 25.5. The van der Waals surface area contributed by atoms with Gasteiger partial charge in [0, 0.05) is 29.6 Å². The molecule has 0 spiro atoms. The third-order valence-corrected chi connectivity index (χ3v) is 9.40. The molecule has 236 valence electrons. The summed E-state index contributed by atoms with van der Waals surface area (Å²) in [6.45, 7) is 5.86. The average molecular weight is 667 g/mol. The Balaban J connectivity index is 1.81. The van der Waals surface area contributed by atoms with Crippen LogP contribution >= 0.6 is 23.2 Å². The Morgan fingerprint density at radius 2 is 1.38 bits per heavy atom. The molecule has 1 N–H and O–H groups in total. The van der Waals surface area contributed by atoms with Crippen molar-refractivity contribution in [3.63, 3.8) is 0 Å². The van der Waals surface area contributed by atoms with Crippen molar-refractivity contribution in [2.45, 2.75) is 44.7 Å². The first-order chi connectivity index (χ1) is 21.4. The number of halogens is 2. The molecule has 1 atom stereocenters. The first kappa shape index (κ1) is 34.0. The van der Waals surface area contributed by atoms with E-state index in [0.717, 1.165) is 21.0 Å². The molecule has 0 unspecified atom stereocenters. The van der Waals surface area contributed by atoms with E-state index >= 15 is 0 Å². The molecule has 10 heteroatoms. The number of aryl methyl sites for hydroxylation is 1. The maximum absolute atomic E-state index is 14.5. The number of nitrogens with one attached hydrogen (secondary N) is 1. The topological polar surface area (TPSA) is 86.8 Å². The summed E-state index contributed by atoms with van der Waals surface area (Å²) in [7, 11) is -4.25. The highest BCUT2D eigenvalue weighted by Crippen LogP contribution is 2.30. The van der Waals surface area contributed by atoms with Crippen molar-refractivity contribution in [2.24, 2.45) is 5.92 Å². The van der Waals surface area contributed by atoms with Crippen LogP contribution in [0, 0.1) is 12.8 Å². The number of hydrogen-bond donors (Lipinski definition) is 1. The van der Waals surface area contributed by atoms with Crippen LogP contribution < -0.4 is 9.62 Å². The van der Waals surface area contributed by atoms with Crippen LogP contribution in [-0.2, 0) is 32.6 Å². The number of rotatable bonds is 13. The molecule has 0 aliphatic carbocycles. The summed E-state index contributed by atoms with van der Waals surface area (Å²) in [5.74, 6) is -0.699. The van der Waals surface area contributed by atoms with E-state index < -0.39 is 28.5 Å². The second-order valence-electron chi connectivity index (χ2n) is 11.3. The molecule has 7 nitrogen and oxygen atoms in total. The fraction of sp³-hybridized carbons (Fsp3) is 0.257. The Bertz CT molecular complexity index is 1680. The number of benzene rings is 4. The van der Waals surface area contributed by atoms with Crippen molar-refractivity contribution in [1.82, 2.24) is 10.2 Å². The summed E-state index contributed by atoms with van der Waals surface area (Å²) in [6, 6.07) is 28.4.